The highest BCUT2D eigenvalue weighted by Gasteiger charge is 2.34. The molecular formula is C24H22Cl2N2O. The summed E-state index contributed by atoms with van der Waals surface area (Å²) in [7, 11) is 0. The van der Waals surface area contributed by atoms with Gasteiger partial charge >= 0.3 is 0 Å². The van der Waals surface area contributed by atoms with E-state index in [1.54, 1.807) is 18.2 Å². The number of halogens is 2. The summed E-state index contributed by atoms with van der Waals surface area (Å²) in [6, 6.07) is 26.4. The summed E-state index contributed by atoms with van der Waals surface area (Å²) >= 11 is 12.2. The van der Waals surface area contributed by atoms with Crippen molar-refractivity contribution >= 4 is 29.1 Å². The van der Waals surface area contributed by atoms with Crippen LogP contribution in [0.2, 0.25) is 10.0 Å². The van der Waals surface area contributed by atoms with E-state index in [-0.39, 0.29) is 11.9 Å². The molecule has 3 aromatic carbocycles. The highest BCUT2D eigenvalue weighted by Crippen LogP contribution is 2.34. The van der Waals surface area contributed by atoms with Gasteiger partial charge < -0.3 is 5.32 Å². The minimum Gasteiger partial charge on any atom is -0.352 e. The lowest BCUT2D eigenvalue weighted by Crippen LogP contribution is -2.52. The molecule has 1 amide bonds. The average molecular weight is 425 g/mol. The average Bonchev–Trinajstić information content (AvgIpc) is 2.72. The van der Waals surface area contributed by atoms with Gasteiger partial charge in [-0.05, 0) is 23.3 Å². The number of hydrogen-bond acceptors (Lipinski definition) is 2. The summed E-state index contributed by atoms with van der Waals surface area (Å²) in [5.41, 5.74) is 2.99. The Morgan fingerprint density at radius 3 is 2.07 bits per heavy atom. The molecule has 0 atom stereocenters. The third kappa shape index (κ3) is 4.48. The van der Waals surface area contributed by atoms with E-state index in [1.807, 2.05) is 12.1 Å². The molecule has 4 rings (SSSR count). The van der Waals surface area contributed by atoms with Crippen molar-refractivity contribution in [2.75, 3.05) is 19.6 Å². The Morgan fingerprint density at radius 1 is 0.897 bits per heavy atom. The van der Waals surface area contributed by atoms with Crippen LogP contribution >= 0.6 is 23.2 Å². The molecule has 5 heteroatoms. The fourth-order valence-electron chi connectivity index (χ4n) is 3.85. The van der Waals surface area contributed by atoms with Crippen molar-refractivity contribution in [3.05, 3.63) is 106 Å². The second-order valence-electron chi connectivity index (χ2n) is 7.36. The number of likely N-dealkylation sites (tertiary alicyclic amines) is 1. The maximum atomic E-state index is 12.5. The molecule has 1 fully saturated rings. The van der Waals surface area contributed by atoms with Gasteiger partial charge in [0, 0.05) is 25.6 Å². The molecular weight excluding hydrogens is 403 g/mol. The van der Waals surface area contributed by atoms with Crippen LogP contribution in [0.4, 0.5) is 0 Å². The lowest BCUT2D eigenvalue weighted by Gasteiger charge is -2.45. The van der Waals surface area contributed by atoms with E-state index in [2.05, 4.69) is 58.7 Å². The van der Waals surface area contributed by atoms with Crippen LogP contribution in [0.15, 0.2) is 78.9 Å². The van der Waals surface area contributed by atoms with E-state index < -0.39 is 0 Å². The topological polar surface area (TPSA) is 32.3 Å². The van der Waals surface area contributed by atoms with E-state index in [0.717, 1.165) is 13.1 Å². The van der Waals surface area contributed by atoms with Crippen LogP contribution in [0.25, 0.3) is 0 Å². The van der Waals surface area contributed by atoms with Crippen LogP contribution in [0, 0.1) is 5.92 Å². The monoisotopic (exact) mass is 424 g/mol. The molecule has 1 heterocycles. The van der Waals surface area contributed by atoms with Crippen molar-refractivity contribution in [3.8, 4) is 0 Å². The highest BCUT2D eigenvalue weighted by molar-refractivity contribution is 6.43. The van der Waals surface area contributed by atoms with E-state index in [0.29, 0.717) is 28.1 Å². The van der Waals surface area contributed by atoms with E-state index >= 15 is 0 Å². The van der Waals surface area contributed by atoms with Crippen molar-refractivity contribution in [1.82, 2.24) is 10.2 Å². The number of carbonyl (C=O) groups excluding carboxylic acids is 1. The van der Waals surface area contributed by atoms with Crippen LogP contribution in [0.5, 0.6) is 0 Å². The van der Waals surface area contributed by atoms with Gasteiger partial charge in [-0.25, -0.2) is 0 Å². The zero-order chi connectivity index (χ0) is 20.2. The Kier molecular flexibility index (Phi) is 6.19. The van der Waals surface area contributed by atoms with Crippen LogP contribution in [0.1, 0.15) is 27.5 Å². The van der Waals surface area contributed by atoms with Crippen molar-refractivity contribution in [1.29, 1.82) is 0 Å². The Labute approximate surface area is 181 Å². The first-order chi connectivity index (χ1) is 14.1. The maximum Gasteiger partial charge on any atom is 0.252 e. The number of carbonyl (C=O) groups is 1. The predicted octanol–water partition coefficient (Wildman–Crippen LogP) is 5.44. The van der Waals surface area contributed by atoms with E-state index in [1.165, 1.54) is 11.1 Å². The number of hydrogen-bond donors (Lipinski definition) is 1. The standard InChI is InChI=1S/C24H22Cl2N2O/c25-21-13-7-12-20(22(21)26)24(29)27-14-17-15-28(16-17)23(18-8-3-1-4-9-18)19-10-5-2-6-11-19/h1-13,17,23H,14-16H2,(H,27,29). The molecule has 0 saturated carbocycles. The molecule has 0 spiro atoms. The smallest absolute Gasteiger partial charge is 0.252 e. The zero-order valence-corrected chi connectivity index (χ0v) is 17.4. The Morgan fingerprint density at radius 2 is 1.48 bits per heavy atom. The van der Waals surface area contributed by atoms with E-state index in [4.69, 9.17) is 23.2 Å². The normalized spacial score (nSPS) is 14.6. The van der Waals surface area contributed by atoms with Crippen molar-refractivity contribution in [2.45, 2.75) is 6.04 Å². The van der Waals surface area contributed by atoms with Gasteiger partial charge in [0.1, 0.15) is 0 Å². The van der Waals surface area contributed by atoms with E-state index in [9.17, 15) is 4.79 Å². The summed E-state index contributed by atoms with van der Waals surface area (Å²) in [5.74, 6) is 0.227. The largest absolute Gasteiger partial charge is 0.352 e. The lowest BCUT2D eigenvalue weighted by molar-refractivity contribution is 0.0645. The van der Waals surface area contributed by atoms with Crippen LogP contribution < -0.4 is 5.32 Å². The highest BCUT2D eigenvalue weighted by atomic mass is 35.5. The summed E-state index contributed by atoms with van der Waals surface area (Å²) in [6.45, 7) is 2.48. The fourth-order valence-corrected chi connectivity index (χ4v) is 4.23. The molecule has 1 aliphatic rings. The van der Waals surface area contributed by atoms with Gasteiger partial charge in [-0.15, -0.1) is 0 Å². The molecule has 0 aliphatic carbocycles. The zero-order valence-electron chi connectivity index (χ0n) is 15.9. The van der Waals surface area contributed by atoms with Gasteiger partial charge in [0.05, 0.1) is 21.7 Å². The molecule has 0 bridgehead atoms. The second kappa shape index (κ2) is 9.00. The summed E-state index contributed by atoms with van der Waals surface area (Å²) < 4.78 is 0. The Hall–Kier alpha value is -2.33. The first kappa shape index (κ1) is 20.0. The summed E-state index contributed by atoms with van der Waals surface area (Å²) in [6.07, 6.45) is 0. The third-order valence-corrected chi connectivity index (χ3v) is 6.15. The molecule has 148 valence electrons. The number of nitrogens with one attached hydrogen (secondary N) is 1. The summed E-state index contributed by atoms with van der Waals surface area (Å²) in [5, 5.41) is 3.69. The maximum absolute atomic E-state index is 12.5. The number of amides is 1. The number of benzene rings is 3. The van der Waals surface area contributed by atoms with Gasteiger partial charge in [0.25, 0.3) is 5.91 Å². The molecule has 1 saturated heterocycles. The lowest BCUT2D eigenvalue weighted by atomic mass is 9.90. The van der Waals surface area contributed by atoms with Gasteiger partial charge in [-0.2, -0.15) is 0 Å². The van der Waals surface area contributed by atoms with Gasteiger partial charge in [0.2, 0.25) is 0 Å². The Bertz CT molecular complexity index is 933. The summed E-state index contributed by atoms with van der Waals surface area (Å²) in [4.78, 5) is 14.9. The SMILES string of the molecule is O=C(NCC1CN(C(c2ccccc2)c2ccccc2)C1)c1cccc(Cl)c1Cl. The number of nitrogens with zero attached hydrogens (tertiary/aromatic N) is 1. The number of rotatable bonds is 6. The van der Waals surface area contributed by atoms with Crippen LogP contribution in [0.3, 0.4) is 0 Å². The van der Waals surface area contributed by atoms with Gasteiger partial charge in [-0.1, -0.05) is 89.9 Å². The molecule has 29 heavy (non-hydrogen) atoms. The second-order valence-corrected chi connectivity index (χ2v) is 8.14. The predicted molar refractivity (Wildman–Crippen MR) is 119 cm³/mol. The fraction of sp³-hybridized carbons (Fsp3) is 0.208. The van der Waals surface area contributed by atoms with Crippen molar-refractivity contribution in [3.63, 3.8) is 0 Å². The first-order valence-corrected chi connectivity index (χ1v) is 10.4. The quantitative estimate of drug-likeness (QED) is 0.570. The van der Waals surface area contributed by atoms with Crippen molar-refractivity contribution in [2.24, 2.45) is 5.92 Å². The molecule has 0 aromatic heterocycles. The molecule has 0 unspecified atom stereocenters. The van der Waals surface area contributed by atoms with Gasteiger partial charge in [-0.3, -0.25) is 9.69 Å². The molecule has 3 nitrogen and oxygen atoms in total. The third-order valence-electron chi connectivity index (χ3n) is 5.33. The molecule has 3 aromatic rings. The molecule has 1 N–H and O–H groups in total. The molecule has 0 radical (unpaired) electrons. The minimum absolute atomic E-state index is 0.182. The minimum atomic E-state index is -0.182. The van der Waals surface area contributed by atoms with Crippen LogP contribution in [-0.4, -0.2) is 30.4 Å². The van der Waals surface area contributed by atoms with Crippen molar-refractivity contribution < 1.29 is 4.79 Å². The van der Waals surface area contributed by atoms with Crippen LogP contribution in [-0.2, 0) is 0 Å². The Balaban J connectivity index is 1.39. The first-order valence-electron chi connectivity index (χ1n) is 9.69. The molecule has 1 aliphatic heterocycles. The van der Waals surface area contributed by atoms with Gasteiger partial charge in [0.15, 0.2) is 0 Å².